The van der Waals surface area contributed by atoms with Gasteiger partial charge in [0.05, 0.1) is 6.10 Å². The molecule has 1 saturated heterocycles. The molecule has 33 heavy (non-hydrogen) atoms. The fraction of sp³-hybridized carbons (Fsp3) is 0.552. The van der Waals surface area contributed by atoms with Gasteiger partial charge >= 0.3 is 0 Å². The number of hydrogen-bond donors (Lipinski definition) is 2. The molecule has 1 fully saturated rings. The normalized spacial score (nSPS) is 21.8. The maximum Gasteiger partial charge on any atom is 0.193 e. The van der Waals surface area contributed by atoms with Crippen LogP contribution in [0.4, 0.5) is 0 Å². The lowest BCUT2D eigenvalue weighted by Crippen LogP contribution is -2.43. The zero-order chi connectivity index (χ0) is 24.2. The number of rotatable bonds is 12. The van der Waals surface area contributed by atoms with E-state index in [9.17, 15) is 9.90 Å². The molecular formula is C29H41NO3. The molecule has 180 valence electrons. The van der Waals surface area contributed by atoms with Crippen molar-refractivity contribution in [2.75, 3.05) is 0 Å². The number of ether oxygens (including phenoxy) is 1. The van der Waals surface area contributed by atoms with Gasteiger partial charge in [0.2, 0.25) is 0 Å². The Balaban J connectivity index is 1.68. The van der Waals surface area contributed by atoms with Crippen molar-refractivity contribution in [3.63, 3.8) is 0 Å². The summed E-state index contributed by atoms with van der Waals surface area (Å²) in [4.78, 5) is 12.6. The first-order valence-corrected chi connectivity index (χ1v) is 12.4. The minimum atomic E-state index is -0.494. The van der Waals surface area contributed by atoms with Crippen LogP contribution in [0.1, 0.15) is 81.8 Å². The smallest absolute Gasteiger partial charge is 0.193 e. The van der Waals surface area contributed by atoms with Crippen molar-refractivity contribution in [1.29, 1.82) is 0 Å². The second-order valence-corrected chi connectivity index (χ2v) is 10.8. The number of epoxide rings is 1. The first kappa shape index (κ1) is 25.6. The third kappa shape index (κ3) is 6.32. The van der Waals surface area contributed by atoms with Gasteiger partial charge in [-0.05, 0) is 35.7 Å². The molecule has 1 aliphatic rings. The summed E-state index contributed by atoms with van der Waals surface area (Å²) in [6, 6.07) is 17.1. The highest BCUT2D eigenvalue weighted by Crippen LogP contribution is 2.50. The summed E-state index contributed by atoms with van der Waals surface area (Å²) in [5, 5.41) is 11.3. The number of ketones is 1. The van der Waals surface area contributed by atoms with E-state index in [2.05, 4.69) is 34.6 Å². The number of aryl methyl sites for hydroxylation is 1. The number of carbonyl (C=O) groups is 1. The summed E-state index contributed by atoms with van der Waals surface area (Å²) in [6.45, 7) is 11.3. The van der Waals surface area contributed by atoms with Gasteiger partial charge in [-0.25, -0.2) is 0 Å². The average Bonchev–Trinajstić information content (AvgIpc) is 3.53. The summed E-state index contributed by atoms with van der Waals surface area (Å²) in [7, 11) is 0. The molecule has 0 aliphatic carbocycles. The summed E-state index contributed by atoms with van der Waals surface area (Å²) in [5.41, 5.74) is 8.72. The Kier molecular flexibility index (Phi) is 8.15. The molecule has 4 heteroatoms. The van der Waals surface area contributed by atoms with Crippen LogP contribution in [0.25, 0.3) is 0 Å². The van der Waals surface area contributed by atoms with Gasteiger partial charge in [0, 0.05) is 17.0 Å². The molecular weight excluding hydrogens is 410 g/mol. The molecule has 3 N–H and O–H groups in total. The first-order chi connectivity index (χ1) is 15.6. The molecule has 0 radical (unpaired) electrons. The van der Waals surface area contributed by atoms with E-state index in [-0.39, 0.29) is 34.9 Å². The molecule has 0 aromatic heterocycles. The molecule has 5 atom stereocenters. The lowest BCUT2D eigenvalue weighted by atomic mass is 9.62. The zero-order valence-electron chi connectivity index (χ0n) is 20.9. The summed E-state index contributed by atoms with van der Waals surface area (Å²) < 4.78 is 5.71. The Bertz CT molecular complexity index is 908. The highest BCUT2D eigenvalue weighted by molar-refractivity contribution is 6.08. The van der Waals surface area contributed by atoms with Gasteiger partial charge in [-0.3, -0.25) is 4.79 Å². The molecule has 5 unspecified atom stereocenters. The van der Waals surface area contributed by atoms with Gasteiger partial charge < -0.3 is 15.6 Å². The predicted molar refractivity (Wildman–Crippen MR) is 134 cm³/mol. The topological polar surface area (TPSA) is 75.8 Å². The third-order valence-corrected chi connectivity index (χ3v) is 7.76. The van der Waals surface area contributed by atoms with Crippen LogP contribution in [0.3, 0.4) is 0 Å². The largest absolute Gasteiger partial charge is 0.393 e. The second-order valence-electron chi connectivity index (χ2n) is 10.8. The van der Waals surface area contributed by atoms with Gasteiger partial charge in [0.15, 0.2) is 5.78 Å². The van der Waals surface area contributed by atoms with E-state index in [0.717, 1.165) is 31.2 Å². The standard InChI is InChI=1S/C29H41NO3/c1-6-28(3,4)19-29(5,7-2)24(26-27(30)33-26)23(31)18-15-20-13-16-22(17-14-20)25(32)21-11-9-8-10-12-21/h8-14,16-17,23-24,26-27,31H,6-7,15,18-19,30H2,1-5H3. The fourth-order valence-electron chi connectivity index (χ4n) is 5.27. The van der Waals surface area contributed by atoms with E-state index in [0.29, 0.717) is 17.5 Å². The van der Waals surface area contributed by atoms with Crippen LogP contribution in [0, 0.1) is 16.7 Å². The Hall–Kier alpha value is -2.01. The van der Waals surface area contributed by atoms with Crippen LogP contribution < -0.4 is 5.73 Å². The van der Waals surface area contributed by atoms with Gasteiger partial charge in [-0.1, -0.05) is 102 Å². The second kappa shape index (κ2) is 10.5. The van der Waals surface area contributed by atoms with E-state index in [1.54, 1.807) is 0 Å². The van der Waals surface area contributed by atoms with Gasteiger partial charge in [0.25, 0.3) is 0 Å². The van der Waals surface area contributed by atoms with Crippen LogP contribution in [0.15, 0.2) is 54.6 Å². The molecule has 1 aliphatic heterocycles. The van der Waals surface area contributed by atoms with Crippen molar-refractivity contribution in [3.05, 3.63) is 71.3 Å². The minimum Gasteiger partial charge on any atom is -0.393 e. The molecule has 0 amide bonds. The monoisotopic (exact) mass is 451 g/mol. The van der Waals surface area contributed by atoms with Crippen molar-refractivity contribution in [2.24, 2.45) is 22.5 Å². The SMILES string of the molecule is CCC(C)(C)CC(C)(CC)C(C(O)CCc1ccc(C(=O)c2ccccc2)cc1)C1OC1N. The summed E-state index contributed by atoms with van der Waals surface area (Å²) in [5.74, 6) is 0.0293. The molecule has 0 saturated carbocycles. The summed E-state index contributed by atoms with van der Waals surface area (Å²) >= 11 is 0. The van der Waals surface area contributed by atoms with E-state index in [1.807, 2.05) is 54.6 Å². The molecule has 2 aromatic rings. The lowest BCUT2D eigenvalue weighted by molar-refractivity contribution is -0.0222. The number of aliphatic hydroxyl groups excluding tert-OH is 1. The number of nitrogens with two attached hydrogens (primary N) is 1. The lowest BCUT2D eigenvalue weighted by Gasteiger charge is -2.44. The van der Waals surface area contributed by atoms with Crippen LogP contribution in [-0.2, 0) is 11.2 Å². The molecule has 3 rings (SSSR count). The quantitative estimate of drug-likeness (QED) is 0.318. The predicted octanol–water partition coefficient (Wildman–Crippen LogP) is 5.75. The van der Waals surface area contributed by atoms with Crippen molar-refractivity contribution >= 4 is 5.78 Å². The maximum atomic E-state index is 12.6. The van der Waals surface area contributed by atoms with E-state index in [1.165, 1.54) is 0 Å². The van der Waals surface area contributed by atoms with Crippen LogP contribution in [0.5, 0.6) is 0 Å². The Morgan fingerprint density at radius 3 is 2.09 bits per heavy atom. The highest BCUT2D eigenvalue weighted by Gasteiger charge is 2.53. The maximum absolute atomic E-state index is 12.6. The van der Waals surface area contributed by atoms with Crippen LogP contribution in [0.2, 0.25) is 0 Å². The number of benzene rings is 2. The Morgan fingerprint density at radius 1 is 1.00 bits per heavy atom. The van der Waals surface area contributed by atoms with E-state index < -0.39 is 6.10 Å². The van der Waals surface area contributed by atoms with Crippen molar-refractivity contribution in [3.8, 4) is 0 Å². The molecule has 0 spiro atoms. The molecule has 0 bridgehead atoms. The first-order valence-electron chi connectivity index (χ1n) is 12.4. The molecule has 4 nitrogen and oxygen atoms in total. The highest BCUT2D eigenvalue weighted by atomic mass is 16.6. The number of carbonyl (C=O) groups excluding carboxylic acids is 1. The number of hydrogen-bond acceptors (Lipinski definition) is 4. The average molecular weight is 452 g/mol. The van der Waals surface area contributed by atoms with Crippen LogP contribution in [-0.4, -0.2) is 29.3 Å². The van der Waals surface area contributed by atoms with Crippen molar-refractivity contribution in [1.82, 2.24) is 0 Å². The Labute approximate surface area is 199 Å². The minimum absolute atomic E-state index is 0.00209. The number of aliphatic hydroxyl groups is 1. The fourth-order valence-corrected chi connectivity index (χ4v) is 5.27. The van der Waals surface area contributed by atoms with Crippen molar-refractivity contribution in [2.45, 2.75) is 85.2 Å². The van der Waals surface area contributed by atoms with Crippen molar-refractivity contribution < 1.29 is 14.6 Å². The molecule has 1 heterocycles. The Morgan fingerprint density at radius 2 is 1.58 bits per heavy atom. The molecule has 2 aromatic carbocycles. The van der Waals surface area contributed by atoms with E-state index >= 15 is 0 Å². The third-order valence-electron chi connectivity index (χ3n) is 7.76. The van der Waals surface area contributed by atoms with Gasteiger partial charge in [0.1, 0.15) is 12.3 Å². The van der Waals surface area contributed by atoms with Crippen LogP contribution >= 0.6 is 0 Å². The zero-order valence-corrected chi connectivity index (χ0v) is 20.9. The summed E-state index contributed by atoms with van der Waals surface area (Å²) in [6.07, 6.45) is 3.64. The van der Waals surface area contributed by atoms with Gasteiger partial charge in [-0.2, -0.15) is 0 Å². The van der Waals surface area contributed by atoms with E-state index in [4.69, 9.17) is 10.5 Å². The van der Waals surface area contributed by atoms with Gasteiger partial charge in [-0.15, -0.1) is 0 Å².